The van der Waals surface area contributed by atoms with E-state index in [-0.39, 0.29) is 12.0 Å². The molecule has 0 aromatic rings. The Morgan fingerprint density at radius 2 is 1.85 bits per heavy atom. The number of Topliss-reactive ketones (excluding diaryl/α,β-unsaturated/α-hetero) is 1. The highest BCUT2D eigenvalue weighted by atomic mass is 16.3. The first-order valence-electron chi connectivity index (χ1n) is 5.50. The Hall–Kier alpha value is -0.370. The van der Waals surface area contributed by atoms with Crippen LogP contribution in [0, 0.1) is 11.8 Å². The summed E-state index contributed by atoms with van der Waals surface area (Å²) in [6, 6.07) is 0. The van der Waals surface area contributed by atoms with Crippen LogP contribution < -0.4 is 0 Å². The van der Waals surface area contributed by atoms with E-state index in [2.05, 4.69) is 0 Å². The summed E-state index contributed by atoms with van der Waals surface area (Å²) >= 11 is 0. The number of carbonyl (C=O) groups excluding carboxylic acids is 1. The van der Waals surface area contributed by atoms with Gasteiger partial charge in [-0.25, -0.2) is 0 Å². The molecule has 0 amide bonds. The van der Waals surface area contributed by atoms with E-state index in [1.807, 2.05) is 0 Å². The van der Waals surface area contributed by atoms with E-state index in [0.717, 1.165) is 38.5 Å². The highest BCUT2D eigenvalue weighted by Crippen LogP contribution is 2.37. The van der Waals surface area contributed by atoms with E-state index in [0.29, 0.717) is 11.7 Å². The molecule has 1 N–H and O–H groups in total. The Morgan fingerprint density at radius 3 is 2.46 bits per heavy atom. The summed E-state index contributed by atoms with van der Waals surface area (Å²) in [5, 5.41) is 9.79. The number of aliphatic hydroxyl groups is 1. The van der Waals surface area contributed by atoms with Gasteiger partial charge in [-0.15, -0.1) is 0 Å². The van der Waals surface area contributed by atoms with E-state index < -0.39 is 0 Å². The maximum absolute atomic E-state index is 11.5. The van der Waals surface area contributed by atoms with Gasteiger partial charge in [0.05, 0.1) is 6.10 Å². The first kappa shape index (κ1) is 9.20. The lowest BCUT2D eigenvalue weighted by Gasteiger charge is -2.31. The molecular weight excluding hydrogens is 164 g/mol. The second-order valence-corrected chi connectivity index (χ2v) is 4.48. The minimum absolute atomic E-state index is 0.194. The molecule has 0 saturated heterocycles. The van der Waals surface area contributed by atoms with E-state index in [4.69, 9.17) is 0 Å². The lowest BCUT2D eigenvalue weighted by atomic mass is 9.77. The molecule has 0 radical (unpaired) electrons. The van der Waals surface area contributed by atoms with Gasteiger partial charge in [-0.05, 0) is 31.6 Å². The van der Waals surface area contributed by atoms with Crippen LogP contribution in [0.1, 0.15) is 44.9 Å². The van der Waals surface area contributed by atoms with Crippen LogP contribution in [-0.4, -0.2) is 17.0 Å². The molecule has 2 heteroatoms. The topological polar surface area (TPSA) is 37.3 Å². The molecule has 3 atom stereocenters. The number of aliphatic hydroxyl groups excluding tert-OH is 1. The molecule has 2 rings (SSSR count). The molecule has 0 aliphatic heterocycles. The average molecular weight is 182 g/mol. The summed E-state index contributed by atoms with van der Waals surface area (Å²) in [6.07, 6.45) is 6.96. The van der Waals surface area contributed by atoms with Gasteiger partial charge in [-0.3, -0.25) is 4.79 Å². The van der Waals surface area contributed by atoms with Crippen molar-refractivity contribution >= 4 is 5.78 Å². The van der Waals surface area contributed by atoms with Gasteiger partial charge in [0.1, 0.15) is 5.78 Å². The van der Waals surface area contributed by atoms with Crippen LogP contribution in [0.2, 0.25) is 0 Å². The Balaban J connectivity index is 2.01. The van der Waals surface area contributed by atoms with Crippen LogP contribution in [0.25, 0.3) is 0 Å². The van der Waals surface area contributed by atoms with Gasteiger partial charge in [-0.2, -0.15) is 0 Å². The predicted octanol–water partition coefficient (Wildman–Crippen LogP) is 1.91. The van der Waals surface area contributed by atoms with Gasteiger partial charge in [-0.1, -0.05) is 12.8 Å². The van der Waals surface area contributed by atoms with Crippen LogP contribution in [0.5, 0.6) is 0 Å². The lowest BCUT2D eigenvalue weighted by Crippen LogP contribution is -2.32. The van der Waals surface area contributed by atoms with Crippen molar-refractivity contribution in [2.45, 2.75) is 51.0 Å². The minimum atomic E-state index is -0.194. The minimum Gasteiger partial charge on any atom is -0.393 e. The fraction of sp³-hybridized carbons (Fsp3) is 0.909. The van der Waals surface area contributed by atoms with Crippen molar-refractivity contribution in [2.24, 2.45) is 11.8 Å². The van der Waals surface area contributed by atoms with E-state index in [1.165, 1.54) is 6.42 Å². The summed E-state index contributed by atoms with van der Waals surface area (Å²) in [4.78, 5) is 11.5. The quantitative estimate of drug-likeness (QED) is 0.672. The molecule has 2 aliphatic rings. The number of ketones is 1. The molecule has 0 aromatic heterocycles. The van der Waals surface area contributed by atoms with Crippen molar-refractivity contribution in [1.82, 2.24) is 0 Å². The third-order valence-corrected chi connectivity index (χ3v) is 3.65. The van der Waals surface area contributed by atoms with Crippen LogP contribution in [0.15, 0.2) is 0 Å². The van der Waals surface area contributed by atoms with Crippen molar-refractivity contribution in [2.75, 3.05) is 0 Å². The Labute approximate surface area is 79.3 Å². The number of hydrogen-bond acceptors (Lipinski definition) is 2. The molecular formula is C11H18O2. The third kappa shape index (κ3) is 1.78. The third-order valence-electron chi connectivity index (χ3n) is 3.65. The number of hydrogen-bond donors (Lipinski definition) is 1. The Bertz CT molecular complexity index is 200. The Morgan fingerprint density at radius 1 is 1.08 bits per heavy atom. The van der Waals surface area contributed by atoms with Crippen LogP contribution >= 0.6 is 0 Å². The summed E-state index contributed by atoms with van der Waals surface area (Å²) in [6.45, 7) is 0. The summed E-state index contributed by atoms with van der Waals surface area (Å²) in [5.74, 6) is 0.907. The normalized spacial score (nSPS) is 41.0. The molecule has 13 heavy (non-hydrogen) atoms. The fourth-order valence-corrected chi connectivity index (χ4v) is 2.90. The standard InChI is InChI=1S/C11H18O2/c12-10-6-2-1-4-8(10)9-5-3-7-11(9)13/h8-10,12H,1-7H2/t8-,9+,10+/m1/s1. The monoisotopic (exact) mass is 182 g/mol. The van der Waals surface area contributed by atoms with Crippen LogP contribution in [0.3, 0.4) is 0 Å². The van der Waals surface area contributed by atoms with Crippen molar-refractivity contribution in [3.8, 4) is 0 Å². The van der Waals surface area contributed by atoms with E-state index in [1.54, 1.807) is 0 Å². The van der Waals surface area contributed by atoms with E-state index in [9.17, 15) is 9.90 Å². The first-order valence-corrected chi connectivity index (χ1v) is 5.50. The smallest absolute Gasteiger partial charge is 0.136 e. The van der Waals surface area contributed by atoms with Gasteiger partial charge in [0.25, 0.3) is 0 Å². The van der Waals surface area contributed by atoms with Gasteiger partial charge < -0.3 is 5.11 Å². The zero-order valence-corrected chi connectivity index (χ0v) is 8.04. The molecule has 0 bridgehead atoms. The van der Waals surface area contributed by atoms with Crippen molar-refractivity contribution in [3.05, 3.63) is 0 Å². The van der Waals surface area contributed by atoms with Crippen LogP contribution in [-0.2, 0) is 4.79 Å². The molecule has 2 nitrogen and oxygen atoms in total. The summed E-state index contributed by atoms with van der Waals surface area (Å²) < 4.78 is 0. The van der Waals surface area contributed by atoms with Crippen molar-refractivity contribution in [1.29, 1.82) is 0 Å². The zero-order valence-electron chi connectivity index (χ0n) is 8.04. The second kappa shape index (κ2) is 3.79. The van der Waals surface area contributed by atoms with Gasteiger partial charge >= 0.3 is 0 Å². The molecule has 0 spiro atoms. The molecule has 0 aromatic carbocycles. The van der Waals surface area contributed by atoms with Gasteiger partial charge in [0, 0.05) is 12.3 Å². The fourth-order valence-electron chi connectivity index (χ4n) is 2.90. The largest absolute Gasteiger partial charge is 0.393 e. The highest BCUT2D eigenvalue weighted by molar-refractivity contribution is 5.83. The average Bonchev–Trinajstić information content (AvgIpc) is 2.52. The SMILES string of the molecule is O=C1CCC[C@H]1[C@H]1CCCC[C@@H]1O. The maximum Gasteiger partial charge on any atom is 0.136 e. The highest BCUT2D eigenvalue weighted by Gasteiger charge is 2.36. The summed E-state index contributed by atoms with van der Waals surface area (Å²) in [5.41, 5.74) is 0. The van der Waals surface area contributed by atoms with Gasteiger partial charge in [0.15, 0.2) is 0 Å². The second-order valence-electron chi connectivity index (χ2n) is 4.48. The molecule has 2 saturated carbocycles. The van der Waals surface area contributed by atoms with Gasteiger partial charge in [0.2, 0.25) is 0 Å². The maximum atomic E-state index is 11.5. The van der Waals surface area contributed by atoms with E-state index >= 15 is 0 Å². The molecule has 0 unspecified atom stereocenters. The zero-order chi connectivity index (χ0) is 9.26. The molecule has 2 fully saturated rings. The van der Waals surface area contributed by atoms with Crippen LogP contribution in [0.4, 0.5) is 0 Å². The number of carbonyl (C=O) groups is 1. The Kier molecular flexibility index (Phi) is 2.68. The molecule has 0 heterocycles. The predicted molar refractivity (Wildman–Crippen MR) is 50.3 cm³/mol. The molecule has 74 valence electrons. The number of rotatable bonds is 1. The first-order chi connectivity index (χ1) is 6.29. The van der Waals surface area contributed by atoms with Crippen molar-refractivity contribution in [3.63, 3.8) is 0 Å². The van der Waals surface area contributed by atoms with Crippen molar-refractivity contribution < 1.29 is 9.90 Å². The summed E-state index contributed by atoms with van der Waals surface area (Å²) in [7, 11) is 0. The molecule has 2 aliphatic carbocycles. The lowest BCUT2D eigenvalue weighted by molar-refractivity contribution is -0.124.